The minimum absolute atomic E-state index is 0.0537. The van der Waals surface area contributed by atoms with E-state index in [9.17, 15) is 18.0 Å². The minimum atomic E-state index is -4.32. The number of hydrogen-bond acceptors (Lipinski definition) is 5. The Bertz CT molecular complexity index is 639. The van der Waals surface area contributed by atoms with Gasteiger partial charge in [-0.3, -0.25) is 4.79 Å². The Kier molecular flexibility index (Phi) is 6.14. The zero-order valence-electron chi connectivity index (χ0n) is 12.3. The number of aromatic nitrogens is 1. The third-order valence-electron chi connectivity index (χ3n) is 2.75. The van der Waals surface area contributed by atoms with Crippen LogP contribution < -0.4 is 5.32 Å². The number of amides is 1. The second-order valence-corrected chi connectivity index (χ2v) is 6.63. The average molecular weight is 364 g/mol. The summed E-state index contributed by atoms with van der Waals surface area (Å²) in [6.07, 6.45) is -4.00. The van der Waals surface area contributed by atoms with Crippen molar-refractivity contribution < 1.29 is 22.7 Å². The predicted molar refractivity (Wildman–Crippen MR) is 84.0 cm³/mol. The van der Waals surface area contributed by atoms with Crippen LogP contribution in [0.2, 0.25) is 0 Å². The standard InChI is InChI=1S/C14H15F3N2O2S2/c1-9-11(23-13(19-9)10-4-2-7-22-10)12(20)18-5-3-6-21-8-14(15,16)17/h2,4,7H,3,5-6,8H2,1H3,(H,18,20). The van der Waals surface area contributed by atoms with Gasteiger partial charge in [-0.1, -0.05) is 6.07 Å². The Morgan fingerprint density at radius 3 is 2.87 bits per heavy atom. The molecular weight excluding hydrogens is 349 g/mol. The molecule has 1 amide bonds. The first-order chi connectivity index (χ1) is 10.9. The largest absolute Gasteiger partial charge is 0.411 e. The van der Waals surface area contributed by atoms with Gasteiger partial charge in [-0.15, -0.1) is 22.7 Å². The molecule has 0 radical (unpaired) electrons. The van der Waals surface area contributed by atoms with Crippen molar-refractivity contribution in [1.29, 1.82) is 0 Å². The Balaban J connectivity index is 1.78. The molecule has 9 heteroatoms. The van der Waals surface area contributed by atoms with Gasteiger partial charge in [0.05, 0.1) is 10.6 Å². The molecule has 0 atom stereocenters. The van der Waals surface area contributed by atoms with Crippen molar-refractivity contribution in [3.8, 4) is 9.88 Å². The molecule has 0 saturated carbocycles. The highest BCUT2D eigenvalue weighted by molar-refractivity contribution is 7.22. The Hall–Kier alpha value is -1.45. The van der Waals surface area contributed by atoms with Crippen LogP contribution in [0.5, 0.6) is 0 Å². The van der Waals surface area contributed by atoms with Gasteiger partial charge in [-0.05, 0) is 24.8 Å². The van der Waals surface area contributed by atoms with E-state index < -0.39 is 12.8 Å². The molecular formula is C14H15F3N2O2S2. The third kappa shape index (κ3) is 5.60. The lowest BCUT2D eigenvalue weighted by Gasteiger charge is -2.07. The number of thiophene rings is 1. The van der Waals surface area contributed by atoms with Crippen LogP contribution in [0.1, 0.15) is 21.8 Å². The SMILES string of the molecule is Cc1nc(-c2cccs2)sc1C(=O)NCCCOCC(F)(F)F. The number of hydrogen-bond donors (Lipinski definition) is 1. The number of aryl methyl sites for hydroxylation is 1. The van der Waals surface area contributed by atoms with E-state index in [0.29, 0.717) is 17.0 Å². The Morgan fingerprint density at radius 1 is 1.43 bits per heavy atom. The van der Waals surface area contributed by atoms with Crippen LogP contribution in [0.3, 0.4) is 0 Å². The fourth-order valence-electron chi connectivity index (χ4n) is 1.76. The molecule has 2 heterocycles. The van der Waals surface area contributed by atoms with Crippen LogP contribution in [-0.4, -0.2) is 36.8 Å². The summed E-state index contributed by atoms with van der Waals surface area (Å²) in [5.74, 6) is -0.265. The number of halogens is 3. The van der Waals surface area contributed by atoms with Crippen LogP contribution in [0.4, 0.5) is 13.2 Å². The molecule has 23 heavy (non-hydrogen) atoms. The summed E-state index contributed by atoms with van der Waals surface area (Å²) in [7, 11) is 0. The maximum absolute atomic E-state index is 12.1. The summed E-state index contributed by atoms with van der Waals surface area (Å²) in [5, 5.41) is 5.40. The predicted octanol–water partition coefficient (Wildman–Crippen LogP) is 3.88. The van der Waals surface area contributed by atoms with E-state index in [4.69, 9.17) is 0 Å². The number of nitrogens with zero attached hydrogens (tertiary/aromatic N) is 1. The van der Waals surface area contributed by atoms with Crippen LogP contribution in [0, 0.1) is 6.92 Å². The van der Waals surface area contributed by atoms with E-state index in [-0.39, 0.29) is 19.1 Å². The molecule has 0 aliphatic rings. The fourth-order valence-corrected chi connectivity index (χ4v) is 3.54. The van der Waals surface area contributed by atoms with Gasteiger partial charge in [0.25, 0.3) is 5.91 Å². The van der Waals surface area contributed by atoms with Crippen molar-refractivity contribution >= 4 is 28.6 Å². The summed E-state index contributed by atoms with van der Waals surface area (Å²) in [6.45, 7) is 0.693. The maximum atomic E-state index is 12.1. The van der Waals surface area contributed by atoms with Crippen LogP contribution in [0.25, 0.3) is 9.88 Å². The van der Waals surface area contributed by atoms with Crippen molar-refractivity contribution in [2.45, 2.75) is 19.5 Å². The summed E-state index contributed by atoms with van der Waals surface area (Å²) in [6, 6.07) is 3.85. The molecule has 1 N–H and O–H groups in total. The van der Waals surface area contributed by atoms with Crippen LogP contribution in [-0.2, 0) is 4.74 Å². The van der Waals surface area contributed by atoms with Crippen molar-refractivity contribution in [1.82, 2.24) is 10.3 Å². The van der Waals surface area contributed by atoms with Crippen LogP contribution >= 0.6 is 22.7 Å². The molecule has 0 aromatic carbocycles. The molecule has 0 aliphatic heterocycles. The van der Waals surface area contributed by atoms with Crippen molar-refractivity contribution in [2.24, 2.45) is 0 Å². The van der Waals surface area contributed by atoms with E-state index in [1.807, 2.05) is 17.5 Å². The first kappa shape index (κ1) is 17.9. The van der Waals surface area contributed by atoms with Crippen molar-refractivity contribution in [3.05, 3.63) is 28.1 Å². The van der Waals surface area contributed by atoms with E-state index >= 15 is 0 Å². The van der Waals surface area contributed by atoms with Gasteiger partial charge in [-0.2, -0.15) is 13.2 Å². The number of thiazole rings is 1. The summed E-state index contributed by atoms with van der Waals surface area (Å²) in [4.78, 5) is 18.0. The molecule has 4 nitrogen and oxygen atoms in total. The van der Waals surface area contributed by atoms with E-state index in [0.717, 1.165) is 9.88 Å². The van der Waals surface area contributed by atoms with E-state index in [1.165, 1.54) is 11.3 Å². The normalized spacial score (nSPS) is 11.7. The Morgan fingerprint density at radius 2 is 2.22 bits per heavy atom. The van der Waals surface area contributed by atoms with Gasteiger partial charge >= 0.3 is 6.18 Å². The smallest absolute Gasteiger partial charge is 0.372 e. The number of carbonyl (C=O) groups excluding carboxylic acids is 1. The van der Waals surface area contributed by atoms with Gasteiger partial charge in [0.15, 0.2) is 0 Å². The second-order valence-electron chi connectivity index (χ2n) is 4.69. The maximum Gasteiger partial charge on any atom is 0.411 e. The molecule has 0 saturated heterocycles. The van der Waals surface area contributed by atoms with E-state index in [1.54, 1.807) is 18.3 Å². The molecule has 0 aliphatic carbocycles. The highest BCUT2D eigenvalue weighted by Crippen LogP contribution is 2.30. The van der Waals surface area contributed by atoms with Gasteiger partial charge in [0.1, 0.15) is 16.5 Å². The third-order valence-corrected chi connectivity index (χ3v) is 4.95. The first-order valence-electron chi connectivity index (χ1n) is 6.81. The first-order valence-corrected chi connectivity index (χ1v) is 8.50. The number of alkyl halides is 3. The topological polar surface area (TPSA) is 51.2 Å². The van der Waals surface area contributed by atoms with Crippen molar-refractivity contribution in [2.75, 3.05) is 19.8 Å². The molecule has 2 rings (SSSR count). The highest BCUT2D eigenvalue weighted by atomic mass is 32.1. The lowest BCUT2D eigenvalue weighted by Crippen LogP contribution is -2.25. The average Bonchev–Trinajstić information content (AvgIpc) is 3.10. The van der Waals surface area contributed by atoms with Gasteiger partial charge in [0.2, 0.25) is 0 Å². The summed E-state index contributed by atoms with van der Waals surface area (Å²) in [5.41, 5.74) is 0.643. The zero-order valence-corrected chi connectivity index (χ0v) is 13.9. The molecule has 0 unspecified atom stereocenters. The summed E-state index contributed by atoms with van der Waals surface area (Å²) >= 11 is 2.85. The second kappa shape index (κ2) is 7.89. The molecule has 126 valence electrons. The highest BCUT2D eigenvalue weighted by Gasteiger charge is 2.27. The van der Waals surface area contributed by atoms with Gasteiger partial charge in [0, 0.05) is 13.2 Å². The number of carbonyl (C=O) groups is 1. The molecule has 2 aromatic rings. The molecule has 0 fully saturated rings. The monoisotopic (exact) mass is 364 g/mol. The van der Waals surface area contributed by atoms with Crippen LogP contribution in [0.15, 0.2) is 17.5 Å². The molecule has 0 bridgehead atoms. The van der Waals surface area contributed by atoms with E-state index in [2.05, 4.69) is 15.0 Å². The minimum Gasteiger partial charge on any atom is -0.372 e. The lowest BCUT2D eigenvalue weighted by molar-refractivity contribution is -0.173. The Labute approximate surface area is 139 Å². The fraction of sp³-hybridized carbons (Fsp3) is 0.429. The van der Waals surface area contributed by atoms with Gasteiger partial charge < -0.3 is 10.1 Å². The number of nitrogens with one attached hydrogen (secondary N) is 1. The lowest BCUT2D eigenvalue weighted by atomic mass is 10.3. The quantitative estimate of drug-likeness (QED) is 0.759. The van der Waals surface area contributed by atoms with Gasteiger partial charge in [-0.25, -0.2) is 4.98 Å². The van der Waals surface area contributed by atoms with Crippen molar-refractivity contribution in [3.63, 3.8) is 0 Å². The number of rotatable bonds is 7. The molecule has 0 spiro atoms. The molecule has 2 aromatic heterocycles. The number of ether oxygens (including phenoxy) is 1. The zero-order chi connectivity index (χ0) is 16.9. The summed E-state index contributed by atoms with van der Waals surface area (Å²) < 4.78 is 40.1.